The van der Waals surface area contributed by atoms with E-state index in [1.54, 1.807) is 11.3 Å². The number of nitrogens with zero attached hydrogens (tertiary/aromatic N) is 3. The molecule has 2 heterocycles. The summed E-state index contributed by atoms with van der Waals surface area (Å²) >= 11 is 3.16. The molecule has 0 aromatic carbocycles. The molecule has 0 aliphatic heterocycles. The van der Waals surface area contributed by atoms with Gasteiger partial charge in [-0.3, -0.25) is 4.79 Å². The molecule has 0 saturated heterocycles. The fourth-order valence-electron chi connectivity index (χ4n) is 1.99. The highest BCUT2D eigenvalue weighted by Crippen LogP contribution is 2.43. The van der Waals surface area contributed by atoms with Crippen LogP contribution < -0.4 is 4.90 Å². The van der Waals surface area contributed by atoms with Crippen molar-refractivity contribution in [2.45, 2.75) is 32.2 Å². The van der Waals surface area contributed by atoms with E-state index in [1.807, 2.05) is 19.5 Å². The number of carbonyl (C=O) groups excluding carboxylic acids is 1. The molecule has 0 spiro atoms. The molecule has 1 saturated carbocycles. The van der Waals surface area contributed by atoms with E-state index in [9.17, 15) is 4.79 Å². The van der Waals surface area contributed by atoms with E-state index in [2.05, 4.69) is 14.9 Å². The van der Waals surface area contributed by atoms with Crippen molar-refractivity contribution in [2.75, 3.05) is 11.9 Å². The van der Waals surface area contributed by atoms with E-state index in [4.69, 9.17) is 0 Å². The molecule has 100 valence electrons. The molecule has 1 aliphatic carbocycles. The van der Waals surface area contributed by atoms with Gasteiger partial charge in [0.15, 0.2) is 11.4 Å². The van der Waals surface area contributed by atoms with Gasteiger partial charge >= 0.3 is 0 Å². The van der Waals surface area contributed by atoms with Crippen LogP contribution in [-0.2, 0) is 6.54 Å². The normalized spacial score (nSPS) is 14.6. The Labute approximate surface area is 120 Å². The molecular formula is C13H15N3OS2. The Hall–Kier alpha value is -1.27. The third kappa shape index (κ3) is 2.55. The van der Waals surface area contributed by atoms with Crippen LogP contribution in [0.1, 0.15) is 44.7 Å². The maximum atomic E-state index is 11.1. The fraction of sp³-hybridized carbons (Fsp3) is 0.462. The van der Waals surface area contributed by atoms with Gasteiger partial charge in [-0.05, 0) is 19.8 Å². The Morgan fingerprint density at radius 2 is 2.32 bits per heavy atom. The number of anilines is 1. The van der Waals surface area contributed by atoms with Crippen molar-refractivity contribution in [3.05, 3.63) is 26.7 Å². The summed E-state index contributed by atoms with van der Waals surface area (Å²) in [6.45, 7) is 2.82. The number of hydrogen-bond donors (Lipinski definition) is 0. The maximum Gasteiger partial charge on any atom is 0.186 e. The van der Waals surface area contributed by atoms with Gasteiger partial charge in [0.1, 0.15) is 0 Å². The molecule has 0 bridgehead atoms. The molecule has 2 aromatic heterocycles. The van der Waals surface area contributed by atoms with Gasteiger partial charge in [0, 0.05) is 17.8 Å². The van der Waals surface area contributed by atoms with Crippen molar-refractivity contribution < 1.29 is 4.79 Å². The first-order valence-electron chi connectivity index (χ1n) is 6.25. The van der Waals surface area contributed by atoms with Crippen molar-refractivity contribution in [3.8, 4) is 0 Å². The average molecular weight is 293 g/mol. The molecule has 1 fully saturated rings. The minimum absolute atomic E-state index is 0.517. The second-order valence-corrected chi connectivity index (χ2v) is 6.80. The summed E-state index contributed by atoms with van der Waals surface area (Å²) in [5.41, 5.74) is 3.95. The van der Waals surface area contributed by atoms with Crippen molar-refractivity contribution in [2.24, 2.45) is 0 Å². The number of hydrogen-bond acceptors (Lipinski definition) is 6. The number of aromatic nitrogens is 2. The molecular weight excluding hydrogens is 278 g/mol. The molecule has 0 amide bonds. The third-order valence-corrected chi connectivity index (χ3v) is 5.32. The van der Waals surface area contributed by atoms with Crippen LogP contribution in [0.4, 0.5) is 5.13 Å². The standard InChI is InChI=1S/C13H15N3OS2/c1-8-10(18-7-14-8)5-16(2)13-15-12(9-3-4-9)11(6-17)19-13/h6-7,9H,3-5H2,1-2H3. The zero-order valence-corrected chi connectivity index (χ0v) is 12.6. The second-order valence-electron chi connectivity index (χ2n) is 4.86. The lowest BCUT2D eigenvalue weighted by Crippen LogP contribution is -2.15. The van der Waals surface area contributed by atoms with Crippen molar-refractivity contribution in [3.63, 3.8) is 0 Å². The first kappa shape index (κ1) is 12.7. The van der Waals surface area contributed by atoms with Crippen LogP contribution in [0.2, 0.25) is 0 Å². The summed E-state index contributed by atoms with van der Waals surface area (Å²) in [7, 11) is 2.02. The van der Waals surface area contributed by atoms with Gasteiger partial charge in [-0.1, -0.05) is 11.3 Å². The summed E-state index contributed by atoms with van der Waals surface area (Å²) in [5, 5.41) is 0.928. The highest BCUT2D eigenvalue weighted by atomic mass is 32.1. The highest BCUT2D eigenvalue weighted by molar-refractivity contribution is 7.17. The van der Waals surface area contributed by atoms with Gasteiger partial charge in [-0.2, -0.15) is 0 Å². The monoisotopic (exact) mass is 293 g/mol. The van der Waals surface area contributed by atoms with Gasteiger partial charge < -0.3 is 4.90 Å². The fourth-order valence-corrected chi connectivity index (χ4v) is 3.75. The van der Waals surface area contributed by atoms with Crippen LogP contribution in [0, 0.1) is 6.92 Å². The molecule has 0 radical (unpaired) electrons. The highest BCUT2D eigenvalue weighted by Gasteiger charge is 2.30. The molecule has 0 atom stereocenters. The number of thiazole rings is 2. The molecule has 1 aliphatic rings. The molecule has 19 heavy (non-hydrogen) atoms. The predicted molar refractivity (Wildman–Crippen MR) is 78.4 cm³/mol. The average Bonchev–Trinajstić information content (AvgIpc) is 3.03. The minimum atomic E-state index is 0.517. The summed E-state index contributed by atoms with van der Waals surface area (Å²) in [5.74, 6) is 0.517. The van der Waals surface area contributed by atoms with Crippen LogP contribution in [0.15, 0.2) is 5.51 Å². The lowest BCUT2D eigenvalue weighted by Gasteiger charge is -2.14. The molecule has 3 rings (SSSR count). The van der Waals surface area contributed by atoms with Crippen molar-refractivity contribution >= 4 is 34.1 Å². The van der Waals surface area contributed by atoms with E-state index in [-0.39, 0.29) is 0 Å². The first-order chi connectivity index (χ1) is 9.19. The Balaban J connectivity index is 1.81. The van der Waals surface area contributed by atoms with Gasteiger partial charge in [-0.25, -0.2) is 9.97 Å². The predicted octanol–water partition coefficient (Wildman–Crippen LogP) is 3.23. The van der Waals surface area contributed by atoms with Crippen LogP contribution in [0.5, 0.6) is 0 Å². The SMILES string of the molecule is Cc1ncsc1CN(C)c1nc(C2CC2)c(C=O)s1. The number of aryl methyl sites for hydroxylation is 1. The number of rotatable bonds is 5. The first-order valence-corrected chi connectivity index (χ1v) is 7.94. The Morgan fingerprint density at radius 3 is 2.89 bits per heavy atom. The van der Waals surface area contributed by atoms with Crippen LogP contribution in [0.3, 0.4) is 0 Å². The van der Waals surface area contributed by atoms with E-state index in [0.717, 1.165) is 34.2 Å². The van der Waals surface area contributed by atoms with Crippen molar-refractivity contribution in [1.82, 2.24) is 9.97 Å². The van der Waals surface area contributed by atoms with Crippen LogP contribution >= 0.6 is 22.7 Å². The maximum absolute atomic E-state index is 11.1. The topological polar surface area (TPSA) is 46.1 Å². The van der Waals surface area contributed by atoms with Crippen LogP contribution in [-0.4, -0.2) is 23.3 Å². The Morgan fingerprint density at radius 1 is 1.53 bits per heavy atom. The van der Waals surface area contributed by atoms with Gasteiger partial charge in [0.05, 0.1) is 28.3 Å². The number of carbonyl (C=O) groups is 1. The zero-order chi connectivity index (χ0) is 13.4. The van der Waals surface area contributed by atoms with E-state index in [0.29, 0.717) is 5.92 Å². The van der Waals surface area contributed by atoms with Gasteiger partial charge in [0.2, 0.25) is 0 Å². The van der Waals surface area contributed by atoms with Crippen molar-refractivity contribution in [1.29, 1.82) is 0 Å². The Kier molecular flexibility index (Phi) is 3.36. The van der Waals surface area contributed by atoms with Gasteiger partial charge in [-0.15, -0.1) is 11.3 Å². The lowest BCUT2D eigenvalue weighted by atomic mass is 10.3. The smallest absolute Gasteiger partial charge is 0.186 e. The lowest BCUT2D eigenvalue weighted by molar-refractivity contribution is 0.112. The third-order valence-electron chi connectivity index (χ3n) is 3.29. The minimum Gasteiger partial charge on any atom is -0.346 e. The zero-order valence-electron chi connectivity index (χ0n) is 10.9. The Bertz CT molecular complexity index is 601. The molecule has 2 aromatic rings. The molecule has 4 nitrogen and oxygen atoms in total. The summed E-state index contributed by atoms with van der Waals surface area (Å²) in [6.07, 6.45) is 3.28. The second kappa shape index (κ2) is 5.02. The summed E-state index contributed by atoms with van der Waals surface area (Å²) < 4.78 is 0. The van der Waals surface area contributed by atoms with E-state index < -0.39 is 0 Å². The van der Waals surface area contributed by atoms with Gasteiger partial charge in [0.25, 0.3) is 0 Å². The quantitative estimate of drug-likeness (QED) is 0.794. The summed E-state index contributed by atoms with van der Waals surface area (Å²) in [6, 6.07) is 0. The summed E-state index contributed by atoms with van der Waals surface area (Å²) in [4.78, 5) is 24.2. The largest absolute Gasteiger partial charge is 0.346 e. The molecule has 0 unspecified atom stereocenters. The van der Waals surface area contributed by atoms with Crippen LogP contribution in [0.25, 0.3) is 0 Å². The molecule has 0 N–H and O–H groups in total. The number of aldehydes is 1. The van der Waals surface area contributed by atoms with E-state index >= 15 is 0 Å². The van der Waals surface area contributed by atoms with E-state index in [1.165, 1.54) is 29.1 Å². The molecule has 6 heteroatoms.